The van der Waals surface area contributed by atoms with Gasteiger partial charge in [0.05, 0.1) is 46.5 Å². The Morgan fingerprint density at radius 2 is 1.49 bits per heavy atom. The van der Waals surface area contributed by atoms with Crippen molar-refractivity contribution in [2.75, 3.05) is 39.4 Å². The van der Waals surface area contributed by atoms with Gasteiger partial charge in [-0.1, -0.05) is 72.8 Å². The molecule has 1 N–H and O–H groups in total. The highest BCUT2D eigenvalue weighted by molar-refractivity contribution is 7.44. The number of nitriles is 1. The number of fused-ring (bicyclic) bond motifs is 2. The third kappa shape index (κ3) is 9.42. The van der Waals surface area contributed by atoms with Gasteiger partial charge in [0, 0.05) is 29.4 Å². The highest BCUT2D eigenvalue weighted by atomic mass is 31.2. The average molecular weight is 876 g/mol. The molecule has 15 heteroatoms. The molecule has 2 fully saturated rings. The number of benzene rings is 4. The predicted octanol–water partition coefficient (Wildman–Crippen LogP) is 8.16. The Hall–Kier alpha value is -5.49. The van der Waals surface area contributed by atoms with Crippen LogP contribution in [-0.2, 0) is 28.9 Å². The molecule has 0 radical (unpaired) electrons. The van der Waals surface area contributed by atoms with Gasteiger partial charge in [0.2, 0.25) is 0 Å². The Bertz CT molecular complexity index is 2360. The molecule has 2 saturated heterocycles. The molecule has 0 aliphatic carbocycles. The summed E-state index contributed by atoms with van der Waals surface area (Å²) >= 11 is 0. The number of aryl methyl sites for hydroxylation is 1. The number of aromatic nitrogens is 2. The lowest BCUT2D eigenvalue weighted by Gasteiger charge is -2.41. The third-order valence-electron chi connectivity index (χ3n) is 11.2. The number of anilines is 1. The molecule has 3 heterocycles. The Kier molecular flexibility index (Phi) is 14.4. The van der Waals surface area contributed by atoms with Gasteiger partial charge in [-0.25, -0.2) is 9.46 Å². The van der Waals surface area contributed by atoms with Crippen LogP contribution in [-0.4, -0.2) is 84.1 Å². The SMILES string of the molecule is COc1ccc(C(OC[C@@]23CO[C@H]([C@H](n4cc(C)c(NC(=O)c5ccccc5)nc4=O)O2)[C@H]3OP(OCCC#N)N(C(C)C)C(C)C)(c2ccccc2)c2ccc(OC)cc2)cc1. The van der Waals surface area contributed by atoms with Crippen molar-refractivity contribution in [3.05, 3.63) is 154 Å². The Balaban J connectivity index is 1.33. The van der Waals surface area contributed by atoms with E-state index < -0.39 is 49.8 Å². The standard InChI is InChI=1S/C48H54N5O9P/c1-32(2)53(33(3)4)63(60-28-14-27-49)62-42-41-45(52-29-34(5)43(51-46(52)55)50-44(54)35-15-10-8-11-16-35)61-47(42,30-58-41)31-59-48(36-17-12-9-13-18-36,37-19-23-39(56-6)24-20-37)38-21-25-40(57-7)26-22-38/h8-13,15-26,29,32-33,41-42,45H,14,28,30-31H2,1-7H3,(H,50,51,54,55)/t41-,42+,45+,47+,63?/m0/s1. The highest BCUT2D eigenvalue weighted by Crippen LogP contribution is 2.56. The molecule has 1 aromatic heterocycles. The number of hydrogen-bond acceptors (Lipinski definition) is 12. The van der Waals surface area contributed by atoms with Crippen molar-refractivity contribution in [2.45, 2.75) is 82.8 Å². The molecule has 4 aromatic carbocycles. The summed E-state index contributed by atoms with van der Waals surface area (Å²) in [5.41, 5.74) is 0.248. The molecule has 2 aliphatic heterocycles. The van der Waals surface area contributed by atoms with Gasteiger partial charge in [0.15, 0.2) is 6.23 Å². The number of carbonyl (C=O) groups is 1. The fraction of sp³-hybridized carbons (Fsp3) is 0.375. The first kappa shape index (κ1) is 45.5. The zero-order chi connectivity index (χ0) is 44.7. The van der Waals surface area contributed by atoms with E-state index in [0.717, 1.165) is 16.7 Å². The van der Waals surface area contributed by atoms with E-state index in [1.54, 1.807) is 51.6 Å². The molecule has 5 atom stereocenters. The monoisotopic (exact) mass is 875 g/mol. The van der Waals surface area contributed by atoms with Crippen LogP contribution < -0.4 is 20.5 Å². The number of ether oxygens (including phenoxy) is 5. The van der Waals surface area contributed by atoms with E-state index in [1.807, 2.05) is 84.9 Å². The van der Waals surface area contributed by atoms with Crippen molar-refractivity contribution < 1.29 is 37.5 Å². The first-order valence-electron chi connectivity index (χ1n) is 20.9. The molecular formula is C48H54N5O9P. The maximum atomic E-state index is 14.1. The molecule has 63 heavy (non-hydrogen) atoms. The van der Waals surface area contributed by atoms with E-state index in [0.29, 0.717) is 22.6 Å². The summed E-state index contributed by atoms with van der Waals surface area (Å²) in [4.78, 5) is 31.5. The second-order valence-corrected chi connectivity index (χ2v) is 17.4. The largest absolute Gasteiger partial charge is 0.497 e. The number of nitrogens with zero attached hydrogens (tertiary/aromatic N) is 4. The minimum absolute atomic E-state index is 0.00562. The van der Waals surface area contributed by atoms with E-state index in [9.17, 15) is 14.9 Å². The normalized spacial score (nSPS) is 19.9. The number of nitrogens with one attached hydrogen (secondary N) is 1. The summed E-state index contributed by atoms with van der Waals surface area (Å²) in [7, 11) is 1.44. The summed E-state index contributed by atoms with van der Waals surface area (Å²) < 4.78 is 49.3. The number of carbonyl (C=O) groups excluding carboxylic acids is 1. The Labute approximate surface area is 369 Å². The summed E-state index contributed by atoms with van der Waals surface area (Å²) in [6.45, 7) is 10.1. The van der Waals surface area contributed by atoms with Crippen LogP contribution in [0.25, 0.3) is 0 Å². The smallest absolute Gasteiger partial charge is 0.351 e. The van der Waals surface area contributed by atoms with Crippen molar-refractivity contribution in [2.24, 2.45) is 0 Å². The number of methoxy groups -OCH3 is 2. The second kappa shape index (κ2) is 19.9. The van der Waals surface area contributed by atoms with Gasteiger partial charge in [-0.3, -0.25) is 9.36 Å². The van der Waals surface area contributed by atoms with Crippen molar-refractivity contribution in [3.63, 3.8) is 0 Å². The first-order valence-corrected chi connectivity index (χ1v) is 22.1. The van der Waals surface area contributed by atoms with Crippen LogP contribution in [0.1, 0.15) is 73.0 Å². The van der Waals surface area contributed by atoms with E-state index in [2.05, 4.69) is 48.7 Å². The average Bonchev–Trinajstić information content (AvgIpc) is 3.79. The topological polar surface area (TPSA) is 156 Å². The summed E-state index contributed by atoms with van der Waals surface area (Å²) in [5, 5.41) is 12.2. The third-order valence-corrected chi connectivity index (χ3v) is 13.3. The second-order valence-electron chi connectivity index (χ2n) is 16.0. The predicted molar refractivity (Wildman–Crippen MR) is 239 cm³/mol. The van der Waals surface area contributed by atoms with E-state index in [-0.39, 0.29) is 44.1 Å². The first-order chi connectivity index (χ1) is 30.4. The molecule has 330 valence electrons. The van der Waals surface area contributed by atoms with E-state index in [4.69, 9.17) is 32.7 Å². The van der Waals surface area contributed by atoms with E-state index >= 15 is 0 Å². The van der Waals surface area contributed by atoms with Crippen LogP contribution in [0.5, 0.6) is 11.5 Å². The fourth-order valence-electron chi connectivity index (χ4n) is 8.22. The van der Waals surface area contributed by atoms with Crippen LogP contribution >= 0.6 is 8.53 Å². The number of amides is 1. The van der Waals surface area contributed by atoms with Gasteiger partial charge in [0.1, 0.15) is 40.7 Å². The molecule has 0 saturated carbocycles. The van der Waals surface area contributed by atoms with Crippen LogP contribution in [0.4, 0.5) is 5.82 Å². The lowest BCUT2D eigenvalue weighted by Crippen LogP contribution is -2.49. The maximum absolute atomic E-state index is 14.1. The molecule has 7 rings (SSSR count). The van der Waals surface area contributed by atoms with E-state index in [1.165, 1.54) is 4.57 Å². The van der Waals surface area contributed by atoms with Crippen LogP contribution in [0.2, 0.25) is 0 Å². The van der Waals surface area contributed by atoms with Gasteiger partial charge in [0.25, 0.3) is 14.4 Å². The molecule has 1 unspecified atom stereocenters. The molecule has 2 aliphatic rings. The van der Waals surface area contributed by atoms with Gasteiger partial charge in [-0.15, -0.1) is 0 Å². The molecule has 2 bridgehead atoms. The van der Waals surface area contributed by atoms with Gasteiger partial charge >= 0.3 is 5.69 Å². The lowest BCUT2D eigenvalue weighted by molar-refractivity contribution is -0.203. The maximum Gasteiger partial charge on any atom is 0.351 e. The number of rotatable bonds is 19. The fourth-order valence-corrected chi connectivity index (χ4v) is 10.0. The van der Waals surface area contributed by atoms with Crippen molar-refractivity contribution >= 4 is 20.3 Å². The zero-order valence-electron chi connectivity index (χ0n) is 36.6. The molecule has 1 amide bonds. The van der Waals surface area contributed by atoms with Gasteiger partial charge < -0.3 is 38.0 Å². The summed E-state index contributed by atoms with van der Waals surface area (Å²) in [6, 6.07) is 36.3. The van der Waals surface area contributed by atoms with Crippen LogP contribution in [0.3, 0.4) is 0 Å². The zero-order valence-corrected chi connectivity index (χ0v) is 37.5. The quantitative estimate of drug-likeness (QED) is 0.0484. The lowest BCUT2D eigenvalue weighted by atomic mass is 9.79. The summed E-state index contributed by atoms with van der Waals surface area (Å²) in [6.07, 6.45) is -0.890. The van der Waals surface area contributed by atoms with Crippen molar-refractivity contribution in [3.8, 4) is 17.6 Å². The van der Waals surface area contributed by atoms with Crippen molar-refractivity contribution in [1.29, 1.82) is 5.26 Å². The van der Waals surface area contributed by atoms with Gasteiger partial charge in [-0.05, 0) is 87.7 Å². The van der Waals surface area contributed by atoms with Crippen LogP contribution in [0, 0.1) is 18.3 Å². The van der Waals surface area contributed by atoms with Crippen LogP contribution in [0.15, 0.2) is 120 Å². The van der Waals surface area contributed by atoms with Gasteiger partial charge in [-0.2, -0.15) is 10.2 Å². The molecule has 5 aromatic rings. The number of hydrogen-bond donors (Lipinski definition) is 1. The molecular weight excluding hydrogens is 822 g/mol. The Morgan fingerprint density at radius 3 is 2.05 bits per heavy atom. The molecule has 0 spiro atoms. The minimum Gasteiger partial charge on any atom is -0.497 e. The summed E-state index contributed by atoms with van der Waals surface area (Å²) in [5.74, 6) is 1.10. The molecule has 14 nitrogen and oxygen atoms in total. The van der Waals surface area contributed by atoms with Crippen molar-refractivity contribution in [1.82, 2.24) is 14.2 Å². The Morgan fingerprint density at radius 1 is 0.921 bits per heavy atom. The minimum atomic E-state index is -1.80. The highest BCUT2D eigenvalue weighted by Gasteiger charge is 2.65.